The molecule has 1 heterocycles. The molecule has 94 valence electrons. The lowest BCUT2D eigenvalue weighted by molar-refractivity contribution is -0.125. The second-order valence-corrected chi connectivity index (χ2v) is 6.54. The maximum atomic E-state index is 11.6. The van der Waals surface area contributed by atoms with E-state index in [1.807, 2.05) is 0 Å². The molecule has 1 rings (SSSR count). The highest BCUT2D eigenvalue weighted by atomic mass is 32.2. The van der Waals surface area contributed by atoms with Gasteiger partial charge in [0, 0.05) is 18.8 Å². The van der Waals surface area contributed by atoms with Gasteiger partial charge in [-0.25, -0.2) is 8.42 Å². The summed E-state index contributed by atoms with van der Waals surface area (Å²) in [5.41, 5.74) is 0. The molecule has 1 saturated heterocycles. The van der Waals surface area contributed by atoms with Crippen molar-refractivity contribution in [3.63, 3.8) is 0 Å². The molecule has 0 saturated carbocycles. The second kappa shape index (κ2) is 6.20. The molecule has 1 aliphatic rings. The molecule has 1 atom stereocenters. The average molecular weight is 248 g/mol. The van der Waals surface area contributed by atoms with Crippen molar-refractivity contribution >= 4 is 15.7 Å². The van der Waals surface area contributed by atoms with E-state index < -0.39 is 9.84 Å². The fourth-order valence-corrected chi connectivity index (χ4v) is 2.40. The van der Waals surface area contributed by atoms with Gasteiger partial charge in [0.05, 0.1) is 11.7 Å². The smallest absolute Gasteiger partial charge is 0.224 e. The molecule has 0 aromatic carbocycles. The molecule has 1 amide bonds. The van der Waals surface area contributed by atoms with Gasteiger partial charge in [0.15, 0.2) is 9.84 Å². The summed E-state index contributed by atoms with van der Waals surface area (Å²) in [5, 5.41) is 5.84. The first-order valence-corrected chi connectivity index (χ1v) is 7.56. The van der Waals surface area contributed by atoms with Gasteiger partial charge in [-0.2, -0.15) is 0 Å². The number of rotatable bonds is 5. The van der Waals surface area contributed by atoms with E-state index in [-0.39, 0.29) is 29.9 Å². The summed E-state index contributed by atoms with van der Waals surface area (Å²) in [6.07, 6.45) is 1.89. The number of piperidine rings is 1. The molecule has 5 nitrogen and oxygen atoms in total. The van der Waals surface area contributed by atoms with Crippen LogP contribution in [0.1, 0.15) is 19.8 Å². The van der Waals surface area contributed by atoms with Crippen LogP contribution in [0.3, 0.4) is 0 Å². The zero-order chi connectivity index (χ0) is 12.0. The Morgan fingerprint density at radius 3 is 2.81 bits per heavy atom. The Hall–Kier alpha value is -0.620. The number of nitrogens with one attached hydrogen (secondary N) is 2. The van der Waals surface area contributed by atoms with E-state index in [1.165, 1.54) is 0 Å². The van der Waals surface area contributed by atoms with Crippen molar-refractivity contribution in [1.82, 2.24) is 10.6 Å². The zero-order valence-corrected chi connectivity index (χ0v) is 10.5. The van der Waals surface area contributed by atoms with Gasteiger partial charge in [-0.1, -0.05) is 6.92 Å². The number of hydrogen-bond acceptors (Lipinski definition) is 4. The minimum Gasteiger partial charge on any atom is -0.355 e. The van der Waals surface area contributed by atoms with Crippen molar-refractivity contribution in [1.29, 1.82) is 0 Å². The number of hydrogen-bond donors (Lipinski definition) is 2. The Kier molecular flexibility index (Phi) is 5.21. The standard InChI is InChI=1S/C10H20N2O3S/c1-2-16(14,15)7-6-12-10(13)9-4-3-5-11-8-9/h9,11H,2-8H2,1H3,(H,12,13)/t9-/m0/s1. The van der Waals surface area contributed by atoms with Crippen LogP contribution in [0.2, 0.25) is 0 Å². The molecule has 6 heteroatoms. The SMILES string of the molecule is CCS(=O)(=O)CCNC(=O)[C@H]1CCCNC1. The maximum Gasteiger partial charge on any atom is 0.224 e. The van der Waals surface area contributed by atoms with E-state index in [2.05, 4.69) is 10.6 Å². The Labute approximate surface area is 96.9 Å². The summed E-state index contributed by atoms with van der Waals surface area (Å²) in [6, 6.07) is 0. The fourth-order valence-electron chi connectivity index (χ4n) is 1.69. The average Bonchev–Trinajstić information content (AvgIpc) is 2.30. The summed E-state index contributed by atoms with van der Waals surface area (Å²) in [6.45, 7) is 3.51. The van der Waals surface area contributed by atoms with Gasteiger partial charge in [-0.05, 0) is 19.4 Å². The summed E-state index contributed by atoms with van der Waals surface area (Å²) in [5.74, 6) is 0.139. The monoisotopic (exact) mass is 248 g/mol. The molecule has 1 aliphatic heterocycles. The quantitative estimate of drug-likeness (QED) is 0.690. The molecule has 1 fully saturated rings. The minimum absolute atomic E-state index is 0.00178. The van der Waals surface area contributed by atoms with E-state index in [4.69, 9.17) is 0 Å². The molecule has 0 aromatic rings. The van der Waals surface area contributed by atoms with Gasteiger partial charge in [0.1, 0.15) is 0 Å². The summed E-state index contributed by atoms with van der Waals surface area (Å²) in [7, 11) is -2.98. The first kappa shape index (κ1) is 13.4. The molecule has 0 radical (unpaired) electrons. The van der Waals surface area contributed by atoms with Crippen LogP contribution in [-0.2, 0) is 14.6 Å². The topological polar surface area (TPSA) is 75.3 Å². The van der Waals surface area contributed by atoms with Crippen LogP contribution in [0, 0.1) is 5.92 Å². The molecule has 0 unspecified atom stereocenters. The van der Waals surface area contributed by atoms with Gasteiger partial charge in [-0.15, -0.1) is 0 Å². The van der Waals surface area contributed by atoms with E-state index in [9.17, 15) is 13.2 Å². The molecule has 0 aliphatic carbocycles. The Bertz CT molecular complexity index is 321. The van der Waals surface area contributed by atoms with Gasteiger partial charge in [0.25, 0.3) is 0 Å². The third-order valence-corrected chi connectivity index (χ3v) is 4.53. The van der Waals surface area contributed by atoms with E-state index in [0.717, 1.165) is 19.4 Å². The van der Waals surface area contributed by atoms with E-state index >= 15 is 0 Å². The third kappa shape index (κ3) is 4.49. The predicted molar refractivity (Wildman–Crippen MR) is 62.9 cm³/mol. The lowest BCUT2D eigenvalue weighted by Gasteiger charge is -2.21. The number of sulfone groups is 1. The van der Waals surface area contributed by atoms with Crippen LogP contribution in [0.4, 0.5) is 0 Å². The van der Waals surface area contributed by atoms with Gasteiger partial charge in [0.2, 0.25) is 5.91 Å². The first-order chi connectivity index (χ1) is 7.55. The van der Waals surface area contributed by atoms with Gasteiger partial charge in [-0.3, -0.25) is 4.79 Å². The highest BCUT2D eigenvalue weighted by Crippen LogP contribution is 2.09. The van der Waals surface area contributed by atoms with Crippen LogP contribution < -0.4 is 10.6 Å². The first-order valence-electron chi connectivity index (χ1n) is 5.74. The normalized spacial score (nSPS) is 21.7. The van der Waals surface area contributed by atoms with E-state index in [0.29, 0.717) is 6.54 Å². The van der Waals surface area contributed by atoms with Crippen LogP contribution in [0.5, 0.6) is 0 Å². The Morgan fingerprint density at radius 1 is 1.50 bits per heavy atom. The number of carbonyl (C=O) groups excluding carboxylic acids is 1. The molecular formula is C10H20N2O3S. The molecule has 16 heavy (non-hydrogen) atoms. The van der Waals surface area contributed by atoms with Crippen molar-refractivity contribution in [3.8, 4) is 0 Å². The Morgan fingerprint density at radius 2 is 2.25 bits per heavy atom. The Balaban J connectivity index is 2.24. The van der Waals surface area contributed by atoms with Crippen molar-refractivity contribution < 1.29 is 13.2 Å². The molecule has 0 spiro atoms. The van der Waals surface area contributed by atoms with Crippen molar-refractivity contribution in [2.45, 2.75) is 19.8 Å². The summed E-state index contributed by atoms with van der Waals surface area (Å²) >= 11 is 0. The van der Waals surface area contributed by atoms with E-state index in [1.54, 1.807) is 6.92 Å². The molecule has 2 N–H and O–H groups in total. The van der Waals surface area contributed by atoms with Crippen molar-refractivity contribution in [3.05, 3.63) is 0 Å². The van der Waals surface area contributed by atoms with Crippen LogP contribution in [0.25, 0.3) is 0 Å². The largest absolute Gasteiger partial charge is 0.355 e. The summed E-state index contributed by atoms with van der Waals surface area (Å²) in [4.78, 5) is 11.6. The highest BCUT2D eigenvalue weighted by Gasteiger charge is 2.20. The van der Waals surface area contributed by atoms with Crippen LogP contribution >= 0.6 is 0 Å². The molecule has 0 aromatic heterocycles. The maximum absolute atomic E-state index is 11.6. The lowest BCUT2D eigenvalue weighted by atomic mass is 9.99. The van der Waals surface area contributed by atoms with Gasteiger partial charge >= 0.3 is 0 Å². The molecule has 0 bridgehead atoms. The zero-order valence-electron chi connectivity index (χ0n) is 9.66. The van der Waals surface area contributed by atoms with Gasteiger partial charge < -0.3 is 10.6 Å². The van der Waals surface area contributed by atoms with Crippen molar-refractivity contribution in [2.75, 3.05) is 31.1 Å². The lowest BCUT2D eigenvalue weighted by Crippen LogP contribution is -2.41. The predicted octanol–water partition coefficient (Wildman–Crippen LogP) is -0.463. The second-order valence-electron chi connectivity index (χ2n) is 4.07. The van der Waals surface area contributed by atoms with Crippen molar-refractivity contribution in [2.24, 2.45) is 5.92 Å². The summed E-state index contributed by atoms with van der Waals surface area (Å²) < 4.78 is 22.4. The van der Waals surface area contributed by atoms with Crippen LogP contribution in [-0.4, -0.2) is 45.5 Å². The third-order valence-electron chi connectivity index (χ3n) is 2.82. The number of carbonyl (C=O) groups is 1. The minimum atomic E-state index is -2.98. The van der Waals surface area contributed by atoms with Crippen LogP contribution in [0.15, 0.2) is 0 Å². The highest BCUT2D eigenvalue weighted by molar-refractivity contribution is 7.91. The number of amides is 1. The molecular weight excluding hydrogens is 228 g/mol. The fraction of sp³-hybridized carbons (Fsp3) is 0.900.